The molecule has 4 saturated carbocycles. The topological polar surface area (TPSA) is 32.8 Å². The second-order valence-electron chi connectivity index (χ2n) is 9.96. The fraction of sp³-hybridized carbons (Fsp3) is 0.682. The van der Waals surface area contributed by atoms with Crippen LogP contribution in [0.4, 0.5) is 5.69 Å². The van der Waals surface area contributed by atoms with E-state index in [0.29, 0.717) is 23.3 Å². The summed E-state index contributed by atoms with van der Waals surface area (Å²) >= 11 is 0. The Labute approximate surface area is 156 Å². The number of carbonyl (C=O) groups excluding carboxylic acids is 1. The lowest BCUT2D eigenvalue weighted by molar-refractivity contribution is -0.176. The van der Waals surface area contributed by atoms with E-state index in [4.69, 9.17) is 4.74 Å². The normalized spacial score (nSPS) is 39.9. The number of methoxy groups -OCH3 is 1. The summed E-state index contributed by atoms with van der Waals surface area (Å²) in [5, 5.41) is 4.34. The number of carbonyl (C=O) groups is 1. The van der Waals surface area contributed by atoms with Gasteiger partial charge in [0, 0.05) is 0 Å². The van der Waals surface area contributed by atoms with Gasteiger partial charge in [-0.15, -0.1) is 0 Å². The molecule has 5 aliphatic rings. The molecule has 1 aliphatic heterocycles. The van der Waals surface area contributed by atoms with Crippen LogP contribution < -0.4 is 9.75 Å². The van der Waals surface area contributed by atoms with Crippen molar-refractivity contribution in [3.05, 3.63) is 24.3 Å². The minimum absolute atomic E-state index is 0.269. The molecule has 4 nitrogen and oxygen atoms in total. The number of amides is 1. The van der Waals surface area contributed by atoms with Crippen molar-refractivity contribution in [2.75, 3.05) is 12.1 Å². The molecule has 6 rings (SSSR count). The zero-order valence-corrected chi connectivity index (χ0v) is 16.4. The van der Waals surface area contributed by atoms with Crippen molar-refractivity contribution in [1.82, 2.24) is 5.01 Å². The summed E-state index contributed by atoms with van der Waals surface area (Å²) in [6, 6.07) is 8.46. The maximum absolute atomic E-state index is 13.2. The quantitative estimate of drug-likeness (QED) is 0.813. The second-order valence-corrected chi connectivity index (χ2v) is 9.96. The molecular weight excluding hydrogens is 324 g/mol. The summed E-state index contributed by atoms with van der Waals surface area (Å²) < 4.78 is 5.62. The fourth-order valence-corrected chi connectivity index (χ4v) is 6.98. The first-order valence-electron chi connectivity index (χ1n) is 10.1. The van der Waals surface area contributed by atoms with Crippen LogP contribution in [0.3, 0.4) is 0 Å². The van der Waals surface area contributed by atoms with E-state index in [9.17, 15) is 4.79 Å². The molecule has 4 heteroatoms. The lowest BCUT2D eigenvalue weighted by Crippen LogP contribution is -2.80. The van der Waals surface area contributed by atoms with Gasteiger partial charge < -0.3 is 4.74 Å². The molecule has 1 aromatic rings. The zero-order chi connectivity index (χ0) is 18.3. The van der Waals surface area contributed by atoms with E-state index in [1.807, 2.05) is 32.0 Å². The molecule has 1 heterocycles. The Morgan fingerprint density at radius 2 is 1.69 bits per heavy atom. The standard InChI is InChI=1S/C22H30N2O2/c1-21(2)20(25)23(24(21)17-7-5-6-8-18(17)26-4)19-15-9-14-10-16(19)13-22(3,11-14)12-15/h5-8,14-16,19H,9-13H2,1-4H3/t14?,15?,16?,19-,22+. The Morgan fingerprint density at radius 3 is 2.31 bits per heavy atom. The van der Waals surface area contributed by atoms with Crippen LogP contribution in [-0.2, 0) is 4.79 Å². The fourth-order valence-electron chi connectivity index (χ4n) is 6.98. The largest absolute Gasteiger partial charge is 0.495 e. The summed E-state index contributed by atoms with van der Waals surface area (Å²) in [5.41, 5.74) is 1.03. The van der Waals surface area contributed by atoms with Crippen LogP contribution in [0.1, 0.15) is 52.9 Å². The molecule has 0 radical (unpaired) electrons. The first-order valence-corrected chi connectivity index (χ1v) is 10.1. The van der Waals surface area contributed by atoms with E-state index >= 15 is 0 Å². The highest BCUT2D eigenvalue weighted by atomic mass is 16.5. The number of rotatable bonds is 3. The van der Waals surface area contributed by atoms with Crippen LogP contribution in [-0.4, -0.2) is 29.6 Å². The van der Waals surface area contributed by atoms with Gasteiger partial charge in [-0.05, 0) is 81.3 Å². The number of hydrazine groups is 1. The van der Waals surface area contributed by atoms with Crippen LogP contribution >= 0.6 is 0 Å². The number of benzene rings is 1. The molecule has 1 aromatic carbocycles. The molecule has 5 fully saturated rings. The van der Waals surface area contributed by atoms with Crippen molar-refractivity contribution in [1.29, 1.82) is 0 Å². The van der Waals surface area contributed by atoms with Crippen molar-refractivity contribution in [3.63, 3.8) is 0 Å². The monoisotopic (exact) mass is 354 g/mol. The van der Waals surface area contributed by atoms with Gasteiger partial charge in [-0.3, -0.25) is 9.80 Å². The molecule has 0 N–H and O–H groups in total. The van der Waals surface area contributed by atoms with E-state index in [-0.39, 0.29) is 5.91 Å². The van der Waals surface area contributed by atoms with Crippen molar-refractivity contribution in [3.8, 4) is 5.75 Å². The van der Waals surface area contributed by atoms with Crippen LogP contribution in [0.5, 0.6) is 5.75 Å². The number of para-hydroxylation sites is 2. The highest BCUT2D eigenvalue weighted by Crippen LogP contribution is 2.62. The molecule has 1 saturated heterocycles. The molecule has 0 aromatic heterocycles. The van der Waals surface area contributed by atoms with Crippen molar-refractivity contribution in [2.45, 2.75) is 64.5 Å². The van der Waals surface area contributed by atoms with Crippen molar-refractivity contribution >= 4 is 11.6 Å². The molecule has 26 heavy (non-hydrogen) atoms. The van der Waals surface area contributed by atoms with Gasteiger partial charge in [-0.2, -0.15) is 0 Å². The molecular formula is C22H30N2O2. The van der Waals surface area contributed by atoms with Gasteiger partial charge >= 0.3 is 0 Å². The van der Waals surface area contributed by atoms with Gasteiger partial charge in [-0.1, -0.05) is 19.1 Å². The van der Waals surface area contributed by atoms with Crippen molar-refractivity contribution in [2.24, 2.45) is 23.2 Å². The lowest BCUT2D eigenvalue weighted by Gasteiger charge is -2.67. The van der Waals surface area contributed by atoms with Gasteiger partial charge in [0.2, 0.25) is 0 Å². The smallest absolute Gasteiger partial charge is 0.268 e. The highest BCUT2D eigenvalue weighted by Gasteiger charge is 2.63. The minimum atomic E-state index is -0.507. The van der Waals surface area contributed by atoms with Crippen LogP contribution in [0.2, 0.25) is 0 Å². The molecule has 4 aliphatic carbocycles. The van der Waals surface area contributed by atoms with Crippen LogP contribution in [0, 0.1) is 23.2 Å². The zero-order valence-electron chi connectivity index (χ0n) is 16.4. The molecule has 2 unspecified atom stereocenters. The van der Waals surface area contributed by atoms with Gasteiger partial charge in [0.1, 0.15) is 17.0 Å². The first kappa shape index (κ1) is 16.5. The van der Waals surface area contributed by atoms with E-state index < -0.39 is 5.54 Å². The summed E-state index contributed by atoms with van der Waals surface area (Å²) in [7, 11) is 1.71. The molecule has 2 atom stereocenters. The van der Waals surface area contributed by atoms with E-state index in [1.165, 1.54) is 32.1 Å². The third-order valence-electron chi connectivity index (χ3n) is 7.60. The average molecular weight is 354 g/mol. The first-order chi connectivity index (χ1) is 12.3. The Morgan fingerprint density at radius 1 is 1.04 bits per heavy atom. The number of nitrogens with zero attached hydrogens (tertiary/aromatic N) is 2. The third kappa shape index (κ3) is 2.04. The van der Waals surface area contributed by atoms with E-state index in [0.717, 1.165) is 17.4 Å². The van der Waals surface area contributed by atoms with Crippen LogP contribution in [0.25, 0.3) is 0 Å². The summed E-state index contributed by atoms with van der Waals surface area (Å²) in [6.07, 6.45) is 6.59. The number of hydrogen-bond donors (Lipinski definition) is 0. The average Bonchev–Trinajstić information content (AvgIpc) is 2.58. The number of ether oxygens (including phenoxy) is 1. The Hall–Kier alpha value is -1.71. The predicted octanol–water partition coefficient (Wildman–Crippen LogP) is 4.25. The second kappa shape index (κ2) is 5.17. The Kier molecular flexibility index (Phi) is 3.28. The summed E-state index contributed by atoms with van der Waals surface area (Å²) in [4.78, 5) is 13.2. The summed E-state index contributed by atoms with van der Waals surface area (Å²) in [5.74, 6) is 3.31. The van der Waals surface area contributed by atoms with Gasteiger partial charge in [0.25, 0.3) is 5.91 Å². The molecule has 4 bridgehead atoms. The number of anilines is 1. The third-order valence-corrected chi connectivity index (χ3v) is 7.60. The SMILES string of the molecule is COc1ccccc1N1N([C@H]2C3CC4CC2C[C@](C)(C4)C3)C(=O)C1(C)C. The van der Waals surface area contributed by atoms with Gasteiger partial charge in [0.15, 0.2) is 0 Å². The van der Waals surface area contributed by atoms with E-state index in [2.05, 4.69) is 23.0 Å². The molecule has 0 spiro atoms. The van der Waals surface area contributed by atoms with Gasteiger partial charge in [0.05, 0.1) is 13.2 Å². The molecule has 1 amide bonds. The highest BCUT2D eigenvalue weighted by molar-refractivity contribution is 5.98. The predicted molar refractivity (Wildman–Crippen MR) is 102 cm³/mol. The molecule has 140 valence electrons. The number of hydrogen-bond acceptors (Lipinski definition) is 3. The lowest BCUT2D eigenvalue weighted by atomic mass is 9.48. The Balaban J connectivity index is 1.53. The van der Waals surface area contributed by atoms with Crippen molar-refractivity contribution < 1.29 is 9.53 Å². The summed E-state index contributed by atoms with van der Waals surface area (Å²) in [6.45, 7) is 6.56. The van der Waals surface area contributed by atoms with Gasteiger partial charge in [-0.25, -0.2) is 5.01 Å². The minimum Gasteiger partial charge on any atom is -0.495 e. The Bertz CT molecular complexity index is 742. The van der Waals surface area contributed by atoms with E-state index in [1.54, 1.807) is 7.11 Å². The van der Waals surface area contributed by atoms with Crippen LogP contribution in [0.15, 0.2) is 24.3 Å². The maximum atomic E-state index is 13.2. The maximum Gasteiger partial charge on any atom is 0.268 e.